The van der Waals surface area contributed by atoms with E-state index in [0.717, 1.165) is 51.5 Å². The Balaban J connectivity index is 1.54. The van der Waals surface area contributed by atoms with Crippen LogP contribution in [0.4, 0.5) is 0 Å². The van der Waals surface area contributed by atoms with E-state index >= 15 is 0 Å². The molecule has 0 spiro atoms. The topological polar surface area (TPSA) is 64.4 Å². The van der Waals surface area contributed by atoms with Crippen LogP contribution in [0.1, 0.15) is 76.0 Å². The Bertz CT molecular complexity index is 937. The highest BCUT2D eigenvalue weighted by molar-refractivity contribution is 6.27. The van der Waals surface area contributed by atoms with Crippen molar-refractivity contribution < 1.29 is 14.3 Å². The lowest BCUT2D eigenvalue weighted by Crippen LogP contribution is -2.38. The van der Waals surface area contributed by atoms with Gasteiger partial charge in [-0.2, -0.15) is 0 Å². The third kappa shape index (κ3) is 3.34. The van der Waals surface area contributed by atoms with Crippen molar-refractivity contribution in [3.8, 4) is 0 Å². The Kier molecular flexibility index (Phi) is 5.06. The molecule has 0 radical (unpaired) electrons. The summed E-state index contributed by atoms with van der Waals surface area (Å²) in [5.41, 5.74) is 1.85. The molecule has 0 bridgehead atoms. The summed E-state index contributed by atoms with van der Waals surface area (Å²) in [4.78, 5) is 33.7. The summed E-state index contributed by atoms with van der Waals surface area (Å²) in [5, 5.41) is 0. The van der Waals surface area contributed by atoms with Crippen LogP contribution in [-0.2, 0) is 11.3 Å². The quantitative estimate of drug-likeness (QED) is 0.682. The Morgan fingerprint density at radius 2 is 1.62 bits per heavy atom. The third-order valence-corrected chi connectivity index (χ3v) is 6.56. The lowest BCUT2D eigenvalue weighted by molar-refractivity contribution is 0.0361. The van der Waals surface area contributed by atoms with Crippen LogP contribution in [0.15, 0.2) is 24.3 Å². The van der Waals surface area contributed by atoms with E-state index in [4.69, 9.17) is 9.72 Å². The highest BCUT2D eigenvalue weighted by Gasteiger charge is 2.37. The number of carbonyl (C=O) groups excluding carboxylic acids is 2. The molecular weight excluding hydrogens is 366 g/mol. The van der Waals surface area contributed by atoms with Crippen molar-refractivity contribution >= 4 is 11.6 Å². The minimum atomic E-state index is -0.114. The third-order valence-electron chi connectivity index (χ3n) is 6.56. The van der Waals surface area contributed by atoms with Crippen LogP contribution in [0.25, 0.3) is 0 Å². The zero-order chi connectivity index (χ0) is 19.8. The minimum absolute atomic E-state index is 0.0632. The van der Waals surface area contributed by atoms with E-state index in [1.165, 1.54) is 19.3 Å². The first-order valence-electron chi connectivity index (χ1n) is 10.8. The maximum atomic E-state index is 13.4. The maximum absolute atomic E-state index is 13.4. The minimum Gasteiger partial charge on any atom is -0.379 e. The molecule has 1 aliphatic heterocycles. The van der Waals surface area contributed by atoms with Gasteiger partial charge < -0.3 is 9.30 Å². The van der Waals surface area contributed by atoms with Crippen molar-refractivity contribution in [3.05, 3.63) is 52.6 Å². The average Bonchev–Trinajstić information content (AvgIpc) is 3.17. The number of ketones is 2. The van der Waals surface area contributed by atoms with Crippen LogP contribution in [-0.4, -0.2) is 58.9 Å². The Morgan fingerprint density at radius 3 is 2.34 bits per heavy atom. The summed E-state index contributed by atoms with van der Waals surface area (Å²) in [7, 11) is 0. The molecule has 0 atom stereocenters. The summed E-state index contributed by atoms with van der Waals surface area (Å²) in [6.07, 6.45) is 5.81. The molecule has 1 aromatic heterocycles. The van der Waals surface area contributed by atoms with E-state index in [9.17, 15) is 9.59 Å². The second kappa shape index (κ2) is 7.84. The largest absolute Gasteiger partial charge is 0.379 e. The number of imidazole rings is 1. The number of morpholine rings is 1. The molecule has 0 unspecified atom stereocenters. The van der Waals surface area contributed by atoms with Crippen molar-refractivity contribution in [2.24, 2.45) is 0 Å². The van der Waals surface area contributed by atoms with Crippen LogP contribution in [0, 0.1) is 0 Å². The van der Waals surface area contributed by atoms with Crippen LogP contribution in [0.2, 0.25) is 0 Å². The predicted octanol–water partition coefficient (Wildman–Crippen LogP) is 3.04. The molecule has 29 heavy (non-hydrogen) atoms. The monoisotopic (exact) mass is 393 g/mol. The maximum Gasteiger partial charge on any atom is 0.214 e. The van der Waals surface area contributed by atoms with Gasteiger partial charge in [0.2, 0.25) is 11.6 Å². The van der Waals surface area contributed by atoms with Gasteiger partial charge in [0.05, 0.1) is 13.2 Å². The summed E-state index contributed by atoms with van der Waals surface area (Å²) in [6, 6.07) is 7.14. The number of benzene rings is 1. The number of aromatic nitrogens is 2. The molecule has 1 saturated carbocycles. The number of nitrogens with zero attached hydrogens (tertiary/aromatic N) is 3. The summed E-state index contributed by atoms with van der Waals surface area (Å²) in [6.45, 7) is 4.85. The van der Waals surface area contributed by atoms with Gasteiger partial charge in [0.1, 0.15) is 17.2 Å². The van der Waals surface area contributed by atoms with Gasteiger partial charge in [-0.15, -0.1) is 0 Å². The molecule has 6 nitrogen and oxygen atoms in total. The van der Waals surface area contributed by atoms with E-state index in [2.05, 4.69) is 9.47 Å². The van der Waals surface area contributed by atoms with E-state index < -0.39 is 0 Å². The highest BCUT2D eigenvalue weighted by atomic mass is 16.5. The lowest BCUT2D eigenvalue weighted by atomic mass is 9.88. The molecule has 2 heterocycles. The highest BCUT2D eigenvalue weighted by Crippen LogP contribution is 2.36. The van der Waals surface area contributed by atoms with E-state index in [-0.39, 0.29) is 11.6 Å². The Labute approximate surface area is 170 Å². The first-order valence-corrected chi connectivity index (χ1v) is 10.8. The van der Waals surface area contributed by atoms with Gasteiger partial charge in [-0.1, -0.05) is 43.5 Å². The molecule has 3 aliphatic rings. The number of hydrogen-bond acceptors (Lipinski definition) is 5. The smallest absolute Gasteiger partial charge is 0.214 e. The van der Waals surface area contributed by atoms with E-state index in [1.54, 1.807) is 12.1 Å². The number of carbonyl (C=O) groups is 2. The number of hydrogen-bond donors (Lipinski definition) is 0. The van der Waals surface area contributed by atoms with Gasteiger partial charge in [-0.05, 0) is 12.8 Å². The molecule has 2 fully saturated rings. The molecule has 152 valence electrons. The molecule has 5 rings (SSSR count). The molecule has 2 aliphatic carbocycles. The zero-order valence-corrected chi connectivity index (χ0v) is 16.7. The van der Waals surface area contributed by atoms with Crippen molar-refractivity contribution in [3.63, 3.8) is 0 Å². The lowest BCUT2D eigenvalue weighted by Gasteiger charge is -2.28. The molecule has 2 aromatic rings. The van der Waals surface area contributed by atoms with E-state index in [0.29, 0.717) is 35.0 Å². The van der Waals surface area contributed by atoms with Crippen molar-refractivity contribution in [2.75, 3.05) is 32.8 Å². The first-order chi connectivity index (χ1) is 14.2. The van der Waals surface area contributed by atoms with Gasteiger partial charge >= 0.3 is 0 Å². The average molecular weight is 393 g/mol. The van der Waals surface area contributed by atoms with Crippen LogP contribution < -0.4 is 0 Å². The summed E-state index contributed by atoms with van der Waals surface area (Å²) in [5.74, 6) is 1.10. The van der Waals surface area contributed by atoms with Gasteiger partial charge in [0, 0.05) is 43.2 Å². The van der Waals surface area contributed by atoms with Gasteiger partial charge in [0.15, 0.2) is 0 Å². The molecule has 1 aromatic carbocycles. The second-order valence-corrected chi connectivity index (χ2v) is 8.31. The van der Waals surface area contributed by atoms with Crippen LogP contribution in [0.5, 0.6) is 0 Å². The molecule has 6 heteroatoms. The number of ether oxygens (including phenoxy) is 1. The normalized spacial score (nSPS) is 20.6. The molecular formula is C23H27N3O3. The Hall–Kier alpha value is -2.31. The standard InChI is InChI=1S/C23H27N3O3/c27-21-17-8-4-5-9-18(17)22(28)20-19(21)24-23(16-6-2-1-3-7-16)26(20)11-10-25-12-14-29-15-13-25/h4-5,8-9,16H,1-3,6-7,10-15H2. The SMILES string of the molecule is O=C1c2ccccc2C(=O)c2c1nc(C1CCCCC1)n2CCN1CCOCC1. The predicted molar refractivity (Wildman–Crippen MR) is 109 cm³/mol. The van der Waals surface area contributed by atoms with Crippen molar-refractivity contribution in [1.29, 1.82) is 0 Å². The van der Waals surface area contributed by atoms with Crippen molar-refractivity contribution in [2.45, 2.75) is 44.6 Å². The van der Waals surface area contributed by atoms with Crippen LogP contribution >= 0.6 is 0 Å². The molecule has 0 amide bonds. The number of fused-ring (bicyclic) bond motifs is 2. The Morgan fingerprint density at radius 1 is 0.931 bits per heavy atom. The fourth-order valence-electron chi connectivity index (χ4n) is 4.96. The van der Waals surface area contributed by atoms with Crippen molar-refractivity contribution in [1.82, 2.24) is 14.5 Å². The van der Waals surface area contributed by atoms with Crippen LogP contribution in [0.3, 0.4) is 0 Å². The molecule has 1 saturated heterocycles. The fourth-order valence-corrected chi connectivity index (χ4v) is 4.96. The number of rotatable bonds is 4. The van der Waals surface area contributed by atoms with Gasteiger partial charge in [-0.3, -0.25) is 14.5 Å². The summed E-state index contributed by atoms with van der Waals surface area (Å²) >= 11 is 0. The van der Waals surface area contributed by atoms with Gasteiger partial charge in [-0.25, -0.2) is 4.98 Å². The second-order valence-electron chi connectivity index (χ2n) is 8.31. The fraction of sp³-hybridized carbons (Fsp3) is 0.522. The zero-order valence-electron chi connectivity index (χ0n) is 16.7. The first kappa shape index (κ1) is 18.7. The molecule has 0 N–H and O–H groups in total. The summed E-state index contributed by atoms with van der Waals surface area (Å²) < 4.78 is 7.54. The van der Waals surface area contributed by atoms with E-state index in [1.807, 2.05) is 12.1 Å². The van der Waals surface area contributed by atoms with Gasteiger partial charge in [0.25, 0.3) is 0 Å².